The van der Waals surface area contributed by atoms with Crippen molar-refractivity contribution < 1.29 is 9.90 Å². The highest BCUT2D eigenvalue weighted by atomic mass is 16.4. The van der Waals surface area contributed by atoms with E-state index in [1.54, 1.807) is 36.0 Å². The molecule has 2 N–H and O–H groups in total. The van der Waals surface area contributed by atoms with Crippen molar-refractivity contribution in [1.29, 1.82) is 0 Å². The molecule has 21 heavy (non-hydrogen) atoms. The Balaban J connectivity index is 2.31. The standard InChI is InChI=1S/C15H17N3O3/c1-3-7-18-8-6-16-13(14(18)19)17-11-4-5-12(15(20)21)10(2)9-11/h4-6,8-9H,3,7H2,1-2H3,(H,16,17)(H,20,21). The van der Waals surface area contributed by atoms with Crippen LogP contribution < -0.4 is 10.9 Å². The number of aromatic carboxylic acids is 1. The van der Waals surface area contributed by atoms with Crippen LogP contribution in [0, 0.1) is 6.92 Å². The van der Waals surface area contributed by atoms with Gasteiger partial charge in [0.2, 0.25) is 0 Å². The van der Waals surface area contributed by atoms with Gasteiger partial charge in [-0.1, -0.05) is 6.92 Å². The van der Waals surface area contributed by atoms with Crippen molar-refractivity contribution in [3.8, 4) is 0 Å². The third kappa shape index (κ3) is 3.28. The molecule has 6 heteroatoms. The number of carboxylic acids is 1. The van der Waals surface area contributed by atoms with Gasteiger partial charge in [0.1, 0.15) is 0 Å². The molecular formula is C15H17N3O3. The lowest BCUT2D eigenvalue weighted by atomic mass is 10.1. The van der Waals surface area contributed by atoms with Crippen LogP contribution in [0.25, 0.3) is 0 Å². The fourth-order valence-corrected chi connectivity index (χ4v) is 2.07. The molecular weight excluding hydrogens is 270 g/mol. The van der Waals surface area contributed by atoms with E-state index in [0.29, 0.717) is 17.8 Å². The molecule has 2 aromatic rings. The van der Waals surface area contributed by atoms with Crippen LogP contribution in [-0.2, 0) is 6.54 Å². The second-order valence-corrected chi connectivity index (χ2v) is 4.73. The minimum Gasteiger partial charge on any atom is -0.478 e. The fourth-order valence-electron chi connectivity index (χ4n) is 2.07. The Labute approximate surface area is 122 Å². The highest BCUT2D eigenvalue weighted by Gasteiger charge is 2.09. The molecule has 0 unspecified atom stereocenters. The van der Waals surface area contributed by atoms with E-state index in [0.717, 1.165) is 6.42 Å². The van der Waals surface area contributed by atoms with Gasteiger partial charge < -0.3 is 15.0 Å². The summed E-state index contributed by atoms with van der Waals surface area (Å²) in [6, 6.07) is 4.81. The van der Waals surface area contributed by atoms with Gasteiger partial charge in [0, 0.05) is 24.6 Å². The largest absolute Gasteiger partial charge is 0.478 e. The van der Waals surface area contributed by atoms with Gasteiger partial charge in [-0.2, -0.15) is 0 Å². The first-order valence-electron chi connectivity index (χ1n) is 6.69. The molecule has 0 aliphatic rings. The van der Waals surface area contributed by atoms with E-state index in [2.05, 4.69) is 10.3 Å². The van der Waals surface area contributed by atoms with Crippen molar-refractivity contribution in [3.63, 3.8) is 0 Å². The summed E-state index contributed by atoms with van der Waals surface area (Å²) in [4.78, 5) is 27.2. The van der Waals surface area contributed by atoms with Gasteiger partial charge in [0.15, 0.2) is 5.82 Å². The maximum Gasteiger partial charge on any atom is 0.335 e. The van der Waals surface area contributed by atoms with Crippen LogP contribution in [0.2, 0.25) is 0 Å². The lowest BCUT2D eigenvalue weighted by Crippen LogP contribution is -2.23. The fraction of sp³-hybridized carbons (Fsp3) is 0.267. The van der Waals surface area contributed by atoms with Gasteiger partial charge in [0.25, 0.3) is 5.56 Å². The Morgan fingerprint density at radius 2 is 2.19 bits per heavy atom. The number of hydrogen-bond donors (Lipinski definition) is 2. The Hall–Kier alpha value is -2.63. The Bertz CT molecular complexity index is 722. The summed E-state index contributed by atoms with van der Waals surface area (Å²) in [5.74, 6) is -0.740. The molecule has 0 aliphatic heterocycles. The molecule has 0 saturated heterocycles. The number of hydrogen-bond acceptors (Lipinski definition) is 4. The normalized spacial score (nSPS) is 10.4. The van der Waals surface area contributed by atoms with Crippen LogP contribution in [0.5, 0.6) is 0 Å². The first-order valence-corrected chi connectivity index (χ1v) is 6.69. The molecule has 0 spiro atoms. The van der Waals surface area contributed by atoms with Crippen LogP contribution in [0.4, 0.5) is 11.5 Å². The number of rotatable bonds is 5. The third-order valence-electron chi connectivity index (χ3n) is 3.10. The summed E-state index contributed by atoms with van der Waals surface area (Å²) in [6.45, 7) is 4.34. The predicted octanol–water partition coefficient (Wildman–Crippen LogP) is 2.40. The van der Waals surface area contributed by atoms with E-state index in [1.165, 1.54) is 6.07 Å². The Kier molecular flexibility index (Phi) is 4.37. The molecule has 0 bridgehead atoms. The van der Waals surface area contributed by atoms with Crippen LogP contribution in [-0.4, -0.2) is 20.6 Å². The predicted molar refractivity (Wildman–Crippen MR) is 80.2 cm³/mol. The average molecular weight is 287 g/mol. The molecule has 110 valence electrons. The molecule has 0 atom stereocenters. The van der Waals surface area contributed by atoms with Gasteiger partial charge in [-0.25, -0.2) is 9.78 Å². The van der Waals surface area contributed by atoms with Crippen molar-refractivity contribution in [2.45, 2.75) is 26.8 Å². The van der Waals surface area contributed by atoms with Gasteiger partial charge in [0.05, 0.1) is 5.56 Å². The number of benzene rings is 1. The van der Waals surface area contributed by atoms with Crippen molar-refractivity contribution in [1.82, 2.24) is 9.55 Å². The van der Waals surface area contributed by atoms with E-state index in [-0.39, 0.29) is 16.9 Å². The van der Waals surface area contributed by atoms with Crippen LogP contribution in [0.3, 0.4) is 0 Å². The molecule has 0 saturated carbocycles. The molecule has 2 rings (SSSR count). The molecule has 1 heterocycles. The van der Waals surface area contributed by atoms with Crippen molar-refractivity contribution in [3.05, 3.63) is 52.1 Å². The molecule has 0 fully saturated rings. The highest BCUT2D eigenvalue weighted by Crippen LogP contribution is 2.17. The van der Waals surface area contributed by atoms with Crippen molar-refractivity contribution >= 4 is 17.5 Å². The number of carboxylic acid groups (broad SMARTS) is 1. The summed E-state index contributed by atoms with van der Waals surface area (Å²) >= 11 is 0. The SMILES string of the molecule is CCCn1ccnc(Nc2ccc(C(=O)O)c(C)c2)c1=O. The van der Waals surface area contributed by atoms with Crippen LogP contribution in [0.1, 0.15) is 29.3 Å². The van der Waals surface area contributed by atoms with Gasteiger partial charge in [-0.15, -0.1) is 0 Å². The molecule has 0 amide bonds. The zero-order valence-electron chi connectivity index (χ0n) is 12.0. The molecule has 1 aromatic heterocycles. The minimum absolute atomic E-state index is 0.195. The lowest BCUT2D eigenvalue weighted by molar-refractivity contribution is 0.0696. The van der Waals surface area contributed by atoms with Crippen molar-refractivity contribution in [2.75, 3.05) is 5.32 Å². The monoisotopic (exact) mass is 287 g/mol. The molecule has 1 aromatic carbocycles. The van der Waals surface area contributed by atoms with Gasteiger partial charge in [-0.3, -0.25) is 4.79 Å². The smallest absolute Gasteiger partial charge is 0.335 e. The number of aryl methyl sites for hydroxylation is 2. The van der Waals surface area contributed by atoms with E-state index in [4.69, 9.17) is 5.11 Å². The minimum atomic E-state index is -0.970. The number of anilines is 2. The second kappa shape index (κ2) is 6.21. The summed E-state index contributed by atoms with van der Waals surface area (Å²) in [7, 11) is 0. The van der Waals surface area contributed by atoms with Gasteiger partial charge in [-0.05, 0) is 37.1 Å². The van der Waals surface area contributed by atoms with E-state index in [9.17, 15) is 9.59 Å². The highest BCUT2D eigenvalue weighted by molar-refractivity contribution is 5.90. The Morgan fingerprint density at radius 3 is 2.81 bits per heavy atom. The van der Waals surface area contributed by atoms with Crippen LogP contribution in [0.15, 0.2) is 35.4 Å². The summed E-state index contributed by atoms with van der Waals surface area (Å²) < 4.78 is 1.59. The topological polar surface area (TPSA) is 84.2 Å². The quantitative estimate of drug-likeness (QED) is 0.882. The third-order valence-corrected chi connectivity index (χ3v) is 3.10. The zero-order chi connectivity index (χ0) is 15.4. The maximum absolute atomic E-state index is 12.2. The average Bonchev–Trinajstić information content (AvgIpc) is 2.43. The first-order chi connectivity index (χ1) is 10.0. The summed E-state index contributed by atoms with van der Waals surface area (Å²) in [5.41, 5.74) is 1.30. The number of nitrogens with zero attached hydrogens (tertiary/aromatic N) is 2. The molecule has 0 aliphatic carbocycles. The summed E-state index contributed by atoms with van der Waals surface area (Å²) in [6.07, 6.45) is 4.07. The number of nitrogens with one attached hydrogen (secondary N) is 1. The molecule has 0 radical (unpaired) electrons. The second-order valence-electron chi connectivity index (χ2n) is 4.73. The lowest BCUT2D eigenvalue weighted by Gasteiger charge is -2.09. The number of carbonyl (C=O) groups is 1. The van der Waals surface area contributed by atoms with E-state index < -0.39 is 5.97 Å². The zero-order valence-corrected chi connectivity index (χ0v) is 12.0. The van der Waals surface area contributed by atoms with Gasteiger partial charge >= 0.3 is 5.97 Å². The molecule has 6 nitrogen and oxygen atoms in total. The Morgan fingerprint density at radius 1 is 1.43 bits per heavy atom. The first kappa shape index (κ1) is 14.8. The van der Waals surface area contributed by atoms with E-state index >= 15 is 0 Å². The maximum atomic E-state index is 12.2. The van der Waals surface area contributed by atoms with E-state index in [1.807, 2.05) is 6.92 Å². The number of aromatic nitrogens is 2. The van der Waals surface area contributed by atoms with Crippen LogP contribution >= 0.6 is 0 Å². The summed E-state index contributed by atoms with van der Waals surface area (Å²) in [5, 5.41) is 11.9. The van der Waals surface area contributed by atoms with Crippen molar-refractivity contribution in [2.24, 2.45) is 0 Å².